The Hall–Kier alpha value is -2.79. The van der Waals surface area contributed by atoms with Gasteiger partial charge in [0.15, 0.2) is 11.9 Å². The second-order valence-corrected chi connectivity index (χ2v) is 12.7. The third-order valence-electron chi connectivity index (χ3n) is 10.5. The number of carbonyl (C=O) groups excluding carboxylic acids is 5. The minimum absolute atomic E-state index is 0.269. The highest BCUT2D eigenvalue weighted by Crippen LogP contribution is 2.68. The highest BCUT2D eigenvalue weighted by molar-refractivity contribution is 5.92. The zero-order chi connectivity index (χ0) is 31.3. The van der Waals surface area contributed by atoms with E-state index in [0.717, 1.165) is 5.57 Å². The molecule has 0 aromatic heterocycles. The molecule has 1 saturated heterocycles. The van der Waals surface area contributed by atoms with Crippen LogP contribution in [-0.2, 0) is 52.4 Å². The first-order valence-corrected chi connectivity index (χ1v) is 14.7. The molecular formula is C31H44O11. The fraction of sp³-hybridized carbons (Fsp3) is 0.774. The number of ether oxygens (including phenoxy) is 6. The van der Waals surface area contributed by atoms with Crippen LogP contribution in [0.3, 0.4) is 0 Å². The van der Waals surface area contributed by atoms with E-state index in [4.69, 9.17) is 28.4 Å². The Kier molecular flexibility index (Phi) is 8.96. The molecule has 0 bridgehead atoms. The first kappa shape index (κ1) is 32.1. The summed E-state index contributed by atoms with van der Waals surface area (Å²) >= 11 is 0. The Morgan fingerprint density at radius 3 is 2.29 bits per heavy atom. The van der Waals surface area contributed by atoms with Crippen LogP contribution in [0.15, 0.2) is 11.6 Å². The van der Waals surface area contributed by atoms with Gasteiger partial charge in [0.1, 0.15) is 18.8 Å². The molecule has 11 heteroatoms. The van der Waals surface area contributed by atoms with Gasteiger partial charge in [0, 0.05) is 51.2 Å². The van der Waals surface area contributed by atoms with Crippen LogP contribution in [0.25, 0.3) is 0 Å². The number of hydrogen-bond donors (Lipinski definition) is 0. The molecule has 3 aliphatic carbocycles. The van der Waals surface area contributed by atoms with Crippen molar-refractivity contribution >= 4 is 29.7 Å². The van der Waals surface area contributed by atoms with E-state index in [1.807, 2.05) is 26.8 Å². The molecule has 0 spiro atoms. The van der Waals surface area contributed by atoms with E-state index >= 15 is 0 Å². The van der Waals surface area contributed by atoms with E-state index in [0.29, 0.717) is 12.8 Å². The maximum atomic E-state index is 14.8. The Morgan fingerprint density at radius 1 is 1.07 bits per heavy atom. The smallest absolute Gasteiger partial charge is 0.348 e. The predicted octanol–water partition coefficient (Wildman–Crippen LogP) is 2.82. The summed E-state index contributed by atoms with van der Waals surface area (Å²) in [6.45, 7) is 11.3. The minimum Gasteiger partial charge on any atom is -0.465 e. The van der Waals surface area contributed by atoms with Crippen molar-refractivity contribution in [2.45, 2.75) is 91.8 Å². The molecule has 234 valence electrons. The van der Waals surface area contributed by atoms with Gasteiger partial charge < -0.3 is 28.4 Å². The topological polar surface area (TPSA) is 141 Å². The zero-order valence-corrected chi connectivity index (χ0v) is 26.0. The number of esters is 4. The SMILES string of the molecule is CCC(C)C(=O)O[C@H]1C(=O)O[C@@H]2C[C@H]3C(C)=C[C@H](OC)[C@@H](OC)[C@]3(C)[C@H]3C(=O)[C@H](OC(C)=O)[C@H](C)[C@H]1[C@@]32COC(C)=O. The standard InChI is InChI=1S/C31H44O11/c1-10-14(2)28(35)42-25-22-16(4)24(40-18(6)33)23(34)26-30(7)19(15(3)11-20(37-8)27(30)38-9)12-21(41-29(25)36)31(22,26)13-39-17(5)32/h11,14,16,19-22,24-27H,10,12-13H2,1-9H3/t14?,16-,19+,20+,21-,22-,24-,25-,26-,27-,30+,31+/m1/s1. The molecule has 3 fully saturated rings. The lowest BCUT2D eigenvalue weighted by molar-refractivity contribution is -0.289. The number of carbonyl (C=O) groups is 5. The number of hydrogen-bond acceptors (Lipinski definition) is 11. The molecule has 4 aliphatic rings. The number of rotatable bonds is 8. The second-order valence-electron chi connectivity index (χ2n) is 12.7. The van der Waals surface area contributed by atoms with Crippen molar-refractivity contribution in [2.75, 3.05) is 20.8 Å². The van der Waals surface area contributed by atoms with E-state index < -0.39 is 88.9 Å². The summed E-state index contributed by atoms with van der Waals surface area (Å²) in [7, 11) is 3.11. The normalized spacial score (nSPS) is 41.4. The molecule has 42 heavy (non-hydrogen) atoms. The molecule has 0 N–H and O–H groups in total. The summed E-state index contributed by atoms with van der Waals surface area (Å²) in [5, 5.41) is 0. The zero-order valence-electron chi connectivity index (χ0n) is 26.0. The van der Waals surface area contributed by atoms with Gasteiger partial charge in [-0.2, -0.15) is 0 Å². The second kappa shape index (κ2) is 11.7. The average molecular weight is 593 g/mol. The Labute approximate surface area is 246 Å². The van der Waals surface area contributed by atoms with E-state index in [1.165, 1.54) is 13.8 Å². The number of methoxy groups -OCH3 is 2. The van der Waals surface area contributed by atoms with Crippen molar-refractivity contribution in [3.8, 4) is 0 Å². The molecule has 0 radical (unpaired) electrons. The lowest BCUT2D eigenvalue weighted by Crippen LogP contribution is -2.78. The van der Waals surface area contributed by atoms with Crippen molar-refractivity contribution < 1.29 is 52.4 Å². The molecule has 2 saturated carbocycles. The molecule has 4 rings (SSSR count). The van der Waals surface area contributed by atoms with Gasteiger partial charge in [0.25, 0.3) is 0 Å². The summed E-state index contributed by atoms with van der Waals surface area (Å²) in [4.78, 5) is 66.3. The van der Waals surface area contributed by atoms with E-state index in [2.05, 4.69) is 0 Å². The van der Waals surface area contributed by atoms with Crippen LogP contribution in [-0.4, -0.2) is 81.0 Å². The summed E-state index contributed by atoms with van der Waals surface area (Å²) in [6.07, 6.45) is -1.91. The van der Waals surface area contributed by atoms with Crippen molar-refractivity contribution in [1.29, 1.82) is 0 Å². The van der Waals surface area contributed by atoms with Gasteiger partial charge in [-0.1, -0.05) is 39.3 Å². The molecule has 1 aliphatic heterocycles. The van der Waals surface area contributed by atoms with Crippen molar-refractivity contribution in [3.05, 3.63) is 11.6 Å². The number of fused-ring (bicyclic) bond motifs is 2. The maximum absolute atomic E-state index is 14.8. The van der Waals surface area contributed by atoms with Crippen LogP contribution >= 0.6 is 0 Å². The molecule has 1 heterocycles. The van der Waals surface area contributed by atoms with Crippen LogP contribution in [0.4, 0.5) is 0 Å². The predicted molar refractivity (Wildman–Crippen MR) is 147 cm³/mol. The fourth-order valence-corrected chi connectivity index (χ4v) is 8.61. The fourth-order valence-electron chi connectivity index (χ4n) is 8.61. The minimum atomic E-state index is -1.42. The van der Waals surface area contributed by atoms with Gasteiger partial charge in [0.2, 0.25) is 6.10 Å². The summed E-state index contributed by atoms with van der Waals surface area (Å²) in [6, 6.07) is 0. The first-order chi connectivity index (χ1) is 19.7. The molecule has 0 aromatic carbocycles. The number of ketones is 1. The van der Waals surface area contributed by atoms with Gasteiger partial charge in [-0.05, 0) is 25.7 Å². The number of allylic oxidation sites excluding steroid dienone is 1. The van der Waals surface area contributed by atoms with Gasteiger partial charge in [-0.15, -0.1) is 0 Å². The molecule has 0 amide bonds. The Bertz CT molecular complexity index is 1160. The summed E-state index contributed by atoms with van der Waals surface area (Å²) in [5.74, 6) is -6.39. The summed E-state index contributed by atoms with van der Waals surface area (Å²) < 4.78 is 35.3. The molecule has 0 aromatic rings. The van der Waals surface area contributed by atoms with Crippen molar-refractivity contribution in [1.82, 2.24) is 0 Å². The maximum Gasteiger partial charge on any atom is 0.348 e. The van der Waals surface area contributed by atoms with Crippen LogP contribution in [0.5, 0.6) is 0 Å². The lowest BCUT2D eigenvalue weighted by atomic mass is 9.38. The molecule has 1 unspecified atom stereocenters. The Morgan fingerprint density at radius 2 is 1.74 bits per heavy atom. The largest absolute Gasteiger partial charge is 0.465 e. The van der Waals surface area contributed by atoms with Crippen molar-refractivity contribution in [2.24, 2.45) is 40.4 Å². The monoisotopic (exact) mass is 592 g/mol. The average Bonchev–Trinajstić information content (AvgIpc) is 2.92. The third-order valence-corrected chi connectivity index (χ3v) is 10.5. The van der Waals surface area contributed by atoms with E-state index in [9.17, 15) is 24.0 Å². The van der Waals surface area contributed by atoms with E-state index in [-0.39, 0.29) is 18.3 Å². The Balaban J connectivity index is 2.02. The van der Waals surface area contributed by atoms with Gasteiger partial charge in [-0.3, -0.25) is 19.2 Å². The van der Waals surface area contributed by atoms with Crippen LogP contribution in [0.1, 0.15) is 61.3 Å². The van der Waals surface area contributed by atoms with E-state index in [1.54, 1.807) is 28.1 Å². The first-order valence-electron chi connectivity index (χ1n) is 14.7. The van der Waals surface area contributed by atoms with Crippen LogP contribution < -0.4 is 0 Å². The van der Waals surface area contributed by atoms with Crippen LogP contribution in [0, 0.1) is 40.4 Å². The third kappa shape index (κ3) is 4.76. The van der Waals surface area contributed by atoms with Crippen LogP contribution in [0.2, 0.25) is 0 Å². The van der Waals surface area contributed by atoms with Crippen molar-refractivity contribution in [3.63, 3.8) is 0 Å². The number of Topliss-reactive ketones (excluding diaryl/α,β-unsaturated/α-hetero) is 1. The summed E-state index contributed by atoms with van der Waals surface area (Å²) in [5.41, 5.74) is -1.36. The van der Waals surface area contributed by atoms with Gasteiger partial charge in [-0.25, -0.2) is 4.79 Å². The quantitative estimate of drug-likeness (QED) is 0.233. The highest BCUT2D eigenvalue weighted by atomic mass is 16.6. The molecular weight excluding hydrogens is 548 g/mol. The molecule has 11 nitrogen and oxygen atoms in total. The highest BCUT2D eigenvalue weighted by Gasteiger charge is 2.77. The molecule has 12 atom stereocenters. The lowest BCUT2D eigenvalue weighted by Gasteiger charge is -2.68. The van der Waals surface area contributed by atoms with Gasteiger partial charge >= 0.3 is 23.9 Å². The van der Waals surface area contributed by atoms with Gasteiger partial charge in [0.05, 0.1) is 17.4 Å².